The molecule has 6 heteroatoms. The first-order chi connectivity index (χ1) is 8.74. The second-order valence-electron chi connectivity index (χ2n) is 4.04. The maximum atomic E-state index is 5.78. The summed E-state index contributed by atoms with van der Waals surface area (Å²) in [5.41, 5.74) is 6.34. The van der Waals surface area contributed by atoms with Crippen molar-refractivity contribution >= 4 is 11.6 Å². The van der Waals surface area contributed by atoms with E-state index >= 15 is 0 Å². The largest absolute Gasteiger partial charge is 0.339 e. The summed E-state index contributed by atoms with van der Waals surface area (Å²) in [6.45, 7) is 2.60. The number of rotatable bonds is 5. The van der Waals surface area contributed by atoms with Crippen LogP contribution in [0.25, 0.3) is 11.5 Å². The fraction of sp³-hybridized carbons (Fsp3) is 0.417. The zero-order chi connectivity index (χ0) is 13.0. The van der Waals surface area contributed by atoms with Gasteiger partial charge in [0.25, 0.3) is 0 Å². The van der Waals surface area contributed by atoms with Gasteiger partial charge in [0.05, 0.1) is 10.9 Å². The van der Waals surface area contributed by atoms with Crippen molar-refractivity contribution in [2.75, 3.05) is 6.54 Å². The second kappa shape index (κ2) is 5.93. The molecule has 0 amide bonds. The number of halogens is 1. The van der Waals surface area contributed by atoms with Crippen LogP contribution in [0.5, 0.6) is 0 Å². The van der Waals surface area contributed by atoms with Crippen molar-refractivity contribution in [2.45, 2.75) is 25.7 Å². The summed E-state index contributed by atoms with van der Waals surface area (Å²) >= 11 is 5.78. The molecule has 1 unspecified atom stereocenters. The van der Waals surface area contributed by atoms with E-state index in [9.17, 15) is 0 Å². The Morgan fingerprint density at radius 2 is 2.28 bits per heavy atom. The molecule has 0 aliphatic carbocycles. The minimum Gasteiger partial charge on any atom is -0.339 e. The van der Waals surface area contributed by atoms with Gasteiger partial charge >= 0.3 is 0 Å². The molecule has 0 aliphatic rings. The summed E-state index contributed by atoms with van der Waals surface area (Å²) in [7, 11) is 0. The number of aromatic nitrogens is 3. The van der Waals surface area contributed by atoms with Crippen LogP contribution in [-0.2, 0) is 0 Å². The first-order valence-corrected chi connectivity index (χ1v) is 6.28. The lowest BCUT2D eigenvalue weighted by molar-refractivity contribution is 0.347. The van der Waals surface area contributed by atoms with Crippen molar-refractivity contribution in [3.8, 4) is 11.5 Å². The molecule has 2 heterocycles. The number of nitrogens with zero attached hydrogens (tertiary/aromatic N) is 3. The highest BCUT2D eigenvalue weighted by Crippen LogP contribution is 2.21. The van der Waals surface area contributed by atoms with Gasteiger partial charge in [-0.05, 0) is 18.6 Å². The summed E-state index contributed by atoms with van der Waals surface area (Å²) in [5, 5.41) is 4.50. The fourth-order valence-electron chi connectivity index (χ4n) is 1.70. The highest BCUT2D eigenvalue weighted by Gasteiger charge is 2.17. The Labute approximate surface area is 110 Å². The van der Waals surface area contributed by atoms with E-state index in [1.54, 1.807) is 18.3 Å². The van der Waals surface area contributed by atoms with Gasteiger partial charge in [0, 0.05) is 12.7 Å². The highest BCUT2D eigenvalue weighted by molar-refractivity contribution is 6.30. The predicted molar refractivity (Wildman–Crippen MR) is 69.2 cm³/mol. The maximum absolute atomic E-state index is 5.78. The van der Waals surface area contributed by atoms with Gasteiger partial charge in [-0.2, -0.15) is 4.98 Å². The summed E-state index contributed by atoms with van der Waals surface area (Å²) in [6.07, 6.45) is 3.52. The molecular formula is C12H15ClN4O. The molecule has 2 N–H and O–H groups in total. The van der Waals surface area contributed by atoms with Gasteiger partial charge in [0.15, 0.2) is 0 Å². The molecule has 0 fully saturated rings. The molecular weight excluding hydrogens is 252 g/mol. The van der Waals surface area contributed by atoms with Crippen molar-refractivity contribution in [3.63, 3.8) is 0 Å². The Morgan fingerprint density at radius 1 is 1.44 bits per heavy atom. The third kappa shape index (κ3) is 2.86. The van der Waals surface area contributed by atoms with E-state index in [0.717, 1.165) is 12.8 Å². The van der Waals surface area contributed by atoms with E-state index in [4.69, 9.17) is 21.9 Å². The van der Waals surface area contributed by atoms with Gasteiger partial charge in [0.1, 0.15) is 5.69 Å². The SMILES string of the molecule is CCCC(CN)c1nc(-c2ccc(Cl)cn2)no1. The Morgan fingerprint density at radius 3 is 2.89 bits per heavy atom. The zero-order valence-corrected chi connectivity index (χ0v) is 10.9. The van der Waals surface area contributed by atoms with Crippen molar-refractivity contribution in [1.29, 1.82) is 0 Å². The van der Waals surface area contributed by atoms with Gasteiger partial charge in [-0.3, -0.25) is 4.98 Å². The van der Waals surface area contributed by atoms with E-state index in [1.807, 2.05) is 0 Å². The zero-order valence-electron chi connectivity index (χ0n) is 10.1. The van der Waals surface area contributed by atoms with Crippen LogP contribution in [0.1, 0.15) is 31.6 Å². The Hall–Kier alpha value is -1.46. The van der Waals surface area contributed by atoms with E-state index in [-0.39, 0.29) is 5.92 Å². The molecule has 5 nitrogen and oxygen atoms in total. The topological polar surface area (TPSA) is 77.8 Å². The Kier molecular flexibility index (Phi) is 4.28. The van der Waals surface area contributed by atoms with Crippen LogP contribution in [-0.4, -0.2) is 21.7 Å². The van der Waals surface area contributed by atoms with Crippen molar-refractivity contribution in [3.05, 3.63) is 29.2 Å². The van der Waals surface area contributed by atoms with Crippen LogP contribution in [0.15, 0.2) is 22.9 Å². The third-order valence-corrected chi connectivity index (χ3v) is 2.89. The summed E-state index contributed by atoms with van der Waals surface area (Å²) < 4.78 is 5.24. The molecule has 0 radical (unpaired) electrons. The maximum Gasteiger partial charge on any atom is 0.231 e. The predicted octanol–water partition coefficient (Wildman–Crippen LogP) is 2.63. The quantitative estimate of drug-likeness (QED) is 0.900. The highest BCUT2D eigenvalue weighted by atomic mass is 35.5. The normalized spacial score (nSPS) is 12.6. The Balaban J connectivity index is 2.21. The number of hydrogen-bond donors (Lipinski definition) is 1. The minimum absolute atomic E-state index is 0.114. The monoisotopic (exact) mass is 266 g/mol. The van der Waals surface area contributed by atoms with Crippen LogP contribution >= 0.6 is 11.6 Å². The molecule has 0 saturated heterocycles. The van der Waals surface area contributed by atoms with Crippen LogP contribution in [0.2, 0.25) is 5.02 Å². The minimum atomic E-state index is 0.114. The molecule has 0 aliphatic heterocycles. The van der Waals surface area contributed by atoms with E-state index in [2.05, 4.69) is 22.0 Å². The van der Waals surface area contributed by atoms with Gasteiger partial charge in [-0.25, -0.2) is 0 Å². The molecule has 0 aromatic carbocycles. The smallest absolute Gasteiger partial charge is 0.231 e. The molecule has 2 aromatic rings. The molecule has 2 aromatic heterocycles. The molecule has 0 saturated carbocycles. The van der Waals surface area contributed by atoms with Crippen LogP contribution in [0.3, 0.4) is 0 Å². The lowest BCUT2D eigenvalue weighted by Gasteiger charge is -2.06. The molecule has 96 valence electrons. The van der Waals surface area contributed by atoms with Crippen molar-refractivity contribution in [1.82, 2.24) is 15.1 Å². The molecule has 0 bridgehead atoms. The second-order valence-corrected chi connectivity index (χ2v) is 4.48. The first-order valence-electron chi connectivity index (χ1n) is 5.90. The lowest BCUT2D eigenvalue weighted by atomic mass is 10.0. The van der Waals surface area contributed by atoms with Gasteiger partial charge < -0.3 is 10.3 Å². The van der Waals surface area contributed by atoms with E-state index in [0.29, 0.717) is 29.0 Å². The first kappa shape index (κ1) is 13.0. The molecule has 18 heavy (non-hydrogen) atoms. The summed E-state index contributed by atoms with van der Waals surface area (Å²) in [4.78, 5) is 8.48. The van der Waals surface area contributed by atoms with Crippen LogP contribution < -0.4 is 5.73 Å². The van der Waals surface area contributed by atoms with Crippen molar-refractivity contribution < 1.29 is 4.52 Å². The average Bonchev–Trinajstić information content (AvgIpc) is 2.86. The van der Waals surface area contributed by atoms with E-state index in [1.165, 1.54) is 0 Å². The van der Waals surface area contributed by atoms with Crippen LogP contribution in [0, 0.1) is 0 Å². The third-order valence-electron chi connectivity index (χ3n) is 2.67. The Bertz CT molecular complexity index is 497. The number of nitrogens with two attached hydrogens (primary N) is 1. The fourth-order valence-corrected chi connectivity index (χ4v) is 1.82. The number of hydrogen-bond acceptors (Lipinski definition) is 5. The lowest BCUT2D eigenvalue weighted by Crippen LogP contribution is -2.12. The van der Waals surface area contributed by atoms with Gasteiger partial charge in [0.2, 0.25) is 11.7 Å². The summed E-state index contributed by atoms with van der Waals surface area (Å²) in [5.74, 6) is 1.16. The number of pyridine rings is 1. The standard InChI is InChI=1S/C12H15ClN4O/c1-2-3-8(6-14)12-16-11(17-18-12)10-5-4-9(13)7-15-10/h4-5,7-8H,2-3,6,14H2,1H3. The van der Waals surface area contributed by atoms with Crippen LogP contribution in [0.4, 0.5) is 0 Å². The average molecular weight is 267 g/mol. The molecule has 2 rings (SSSR count). The van der Waals surface area contributed by atoms with E-state index < -0.39 is 0 Å². The molecule has 1 atom stereocenters. The summed E-state index contributed by atoms with van der Waals surface area (Å²) in [6, 6.07) is 3.50. The van der Waals surface area contributed by atoms with Gasteiger partial charge in [-0.15, -0.1) is 0 Å². The molecule has 0 spiro atoms. The van der Waals surface area contributed by atoms with Gasteiger partial charge in [-0.1, -0.05) is 30.1 Å². The van der Waals surface area contributed by atoms with Crippen molar-refractivity contribution in [2.24, 2.45) is 5.73 Å².